The standard InChI is InChI=1S/C21H22ClN3O2/c1-2-3-7-19-23-21(22)25(24-19)14-16-10-8-15(9-11-16)12-17-5-4-6-18(13-17)20(26)27/h4-6,8-11,13H,2-3,7,12,14H2,1H3,(H,26,27). The van der Waals surface area contributed by atoms with Crippen LogP contribution in [0.4, 0.5) is 0 Å². The summed E-state index contributed by atoms with van der Waals surface area (Å²) in [6, 6.07) is 15.2. The van der Waals surface area contributed by atoms with Crippen molar-refractivity contribution in [1.82, 2.24) is 14.8 Å². The minimum Gasteiger partial charge on any atom is -0.478 e. The minimum atomic E-state index is -0.907. The van der Waals surface area contributed by atoms with Crippen molar-refractivity contribution in [2.75, 3.05) is 0 Å². The van der Waals surface area contributed by atoms with Crippen LogP contribution in [0.2, 0.25) is 5.28 Å². The van der Waals surface area contributed by atoms with E-state index in [9.17, 15) is 4.79 Å². The van der Waals surface area contributed by atoms with Gasteiger partial charge in [-0.25, -0.2) is 14.5 Å². The summed E-state index contributed by atoms with van der Waals surface area (Å²) in [7, 11) is 0. The molecule has 27 heavy (non-hydrogen) atoms. The van der Waals surface area contributed by atoms with Crippen molar-refractivity contribution in [3.05, 3.63) is 81.9 Å². The lowest BCUT2D eigenvalue weighted by Crippen LogP contribution is -2.03. The molecule has 0 bridgehead atoms. The van der Waals surface area contributed by atoms with E-state index >= 15 is 0 Å². The molecule has 2 aromatic carbocycles. The van der Waals surface area contributed by atoms with Crippen LogP contribution in [0.3, 0.4) is 0 Å². The second kappa shape index (κ2) is 8.82. The molecule has 0 aliphatic rings. The number of halogens is 1. The lowest BCUT2D eigenvalue weighted by atomic mass is 10.0. The summed E-state index contributed by atoms with van der Waals surface area (Å²) < 4.78 is 1.72. The number of carboxylic acids is 1. The van der Waals surface area contributed by atoms with Crippen LogP contribution in [0.25, 0.3) is 0 Å². The van der Waals surface area contributed by atoms with E-state index in [2.05, 4.69) is 17.0 Å². The Kier molecular flexibility index (Phi) is 6.24. The summed E-state index contributed by atoms with van der Waals surface area (Å²) in [6.07, 6.45) is 3.69. The zero-order chi connectivity index (χ0) is 19.2. The molecule has 0 atom stereocenters. The topological polar surface area (TPSA) is 68.0 Å². The molecule has 0 saturated carbocycles. The Hall–Kier alpha value is -2.66. The highest BCUT2D eigenvalue weighted by atomic mass is 35.5. The van der Waals surface area contributed by atoms with Crippen LogP contribution in [0.1, 0.15) is 52.6 Å². The third-order valence-corrected chi connectivity index (χ3v) is 4.64. The Labute approximate surface area is 163 Å². The molecule has 5 nitrogen and oxygen atoms in total. The summed E-state index contributed by atoms with van der Waals surface area (Å²) in [5.41, 5.74) is 3.49. The van der Waals surface area contributed by atoms with E-state index in [-0.39, 0.29) is 0 Å². The maximum atomic E-state index is 11.1. The first kappa shape index (κ1) is 19.1. The predicted molar refractivity (Wildman–Crippen MR) is 105 cm³/mol. The van der Waals surface area contributed by atoms with Crippen molar-refractivity contribution < 1.29 is 9.90 Å². The van der Waals surface area contributed by atoms with Crippen molar-refractivity contribution in [3.63, 3.8) is 0 Å². The summed E-state index contributed by atoms with van der Waals surface area (Å²) in [6.45, 7) is 2.71. The van der Waals surface area contributed by atoms with Gasteiger partial charge in [0.05, 0.1) is 12.1 Å². The van der Waals surface area contributed by atoms with E-state index in [1.807, 2.05) is 30.3 Å². The van der Waals surface area contributed by atoms with Crippen molar-refractivity contribution in [3.8, 4) is 0 Å². The van der Waals surface area contributed by atoms with Gasteiger partial charge < -0.3 is 5.11 Å². The van der Waals surface area contributed by atoms with Crippen LogP contribution in [0, 0.1) is 0 Å². The van der Waals surface area contributed by atoms with Crippen molar-refractivity contribution >= 4 is 17.6 Å². The molecule has 3 aromatic rings. The van der Waals surface area contributed by atoms with Crippen LogP contribution in [0.5, 0.6) is 0 Å². The molecule has 0 spiro atoms. The molecule has 0 amide bonds. The van der Waals surface area contributed by atoms with Crippen molar-refractivity contribution in [1.29, 1.82) is 0 Å². The highest BCUT2D eigenvalue weighted by Gasteiger charge is 2.08. The minimum absolute atomic E-state index is 0.309. The third-order valence-electron chi connectivity index (χ3n) is 4.36. The molecule has 1 heterocycles. The molecule has 0 aliphatic heterocycles. The Bertz CT molecular complexity index is 919. The Morgan fingerprint density at radius 2 is 1.85 bits per heavy atom. The fourth-order valence-corrected chi connectivity index (χ4v) is 3.09. The zero-order valence-corrected chi connectivity index (χ0v) is 16.0. The maximum absolute atomic E-state index is 11.1. The number of nitrogens with zero attached hydrogens (tertiary/aromatic N) is 3. The van der Waals surface area contributed by atoms with E-state index in [4.69, 9.17) is 16.7 Å². The maximum Gasteiger partial charge on any atom is 0.335 e. The fraction of sp³-hybridized carbons (Fsp3) is 0.286. The lowest BCUT2D eigenvalue weighted by molar-refractivity contribution is 0.0696. The molecular formula is C21H22ClN3O2. The van der Waals surface area contributed by atoms with Gasteiger partial charge in [0, 0.05) is 6.42 Å². The quantitative estimate of drug-likeness (QED) is 0.616. The molecule has 140 valence electrons. The molecule has 3 rings (SSSR count). The third kappa shape index (κ3) is 5.17. The van der Waals surface area contributed by atoms with Gasteiger partial charge in [0.1, 0.15) is 0 Å². The largest absolute Gasteiger partial charge is 0.478 e. The van der Waals surface area contributed by atoms with Crippen LogP contribution >= 0.6 is 11.6 Å². The summed E-state index contributed by atoms with van der Waals surface area (Å²) >= 11 is 6.19. The number of unbranched alkanes of at least 4 members (excludes halogenated alkanes) is 1. The molecule has 0 aliphatic carbocycles. The average molecular weight is 384 g/mol. The Morgan fingerprint density at radius 1 is 1.11 bits per heavy atom. The van der Waals surface area contributed by atoms with Gasteiger partial charge in [-0.3, -0.25) is 0 Å². The second-order valence-electron chi connectivity index (χ2n) is 6.56. The molecule has 0 fully saturated rings. The number of carbonyl (C=O) groups is 1. The predicted octanol–water partition coefficient (Wildman–Crippen LogP) is 4.61. The van der Waals surface area contributed by atoms with E-state index in [1.165, 1.54) is 0 Å². The number of carboxylic acid groups (broad SMARTS) is 1. The van der Waals surface area contributed by atoms with Gasteiger partial charge in [-0.05, 0) is 53.3 Å². The number of benzene rings is 2. The van der Waals surface area contributed by atoms with Gasteiger partial charge in [0.15, 0.2) is 5.82 Å². The SMILES string of the molecule is CCCCc1nc(Cl)n(Cc2ccc(Cc3cccc(C(=O)O)c3)cc2)n1. The summed E-state index contributed by atoms with van der Waals surface area (Å²) in [5, 5.41) is 14.0. The van der Waals surface area contributed by atoms with Crippen molar-refractivity contribution in [2.45, 2.75) is 39.2 Å². The first-order valence-electron chi connectivity index (χ1n) is 9.04. The lowest BCUT2D eigenvalue weighted by Gasteiger charge is -2.06. The van der Waals surface area contributed by atoms with Gasteiger partial charge in [-0.1, -0.05) is 49.7 Å². The normalized spacial score (nSPS) is 10.9. The van der Waals surface area contributed by atoms with Crippen LogP contribution in [0.15, 0.2) is 48.5 Å². The van der Waals surface area contributed by atoms with E-state index in [0.29, 0.717) is 23.8 Å². The molecule has 0 radical (unpaired) electrons. The number of aromatic nitrogens is 3. The Morgan fingerprint density at radius 3 is 2.56 bits per heavy atom. The van der Waals surface area contributed by atoms with Crippen LogP contribution < -0.4 is 0 Å². The van der Waals surface area contributed by atoms with Gasteiger partial charge >= 0.3 is 5.97 Å². The highest BCUT2D eigenvalue weighted by Crippen LogP contribution is 2.15. The molecule has 6 heteroatoms. The van der Waals surface area contributed by atoms with Gasteiger partial charge in [0.2, 0.25) is 5.28 Å². The number of hydrogen-bond donors (Lipinski definition) is 1. The first-order chi connectivity index (χ1) is 13.0. The zero-order valence-electron chi connectivity index (χ0n) is 15.2. The molecule has 1 N–H and O–H groups in total. The van der Waals surface area contributed by atoms with E-state index in [0.717, 1.165) is 41.8 Å². The van der Waals surface area contributed by atoms with Crippen molar-refractivity contribution in [2.24, 2.45) is 0 Å². The number of aryl methyl sites for hydroxylation is 1. The van der Waals surface area contributed by atoms with Gasteiger partial charge in [-0.15, -0.1) is 0 Å². The van der Waals surface area contributed by atoms with Crippen LogP contribution in [-0.2, 0) is 19.4 Å². The second-order valence-corrected chi connectivity index (χ2v) is 6.90. The highest BCUT2D eigenvalue weighted by molar-refractivity contribution is 6.28. The van der Waals surface area contributed by atoms with Gasteiger partial charge in [0.25, 0.3) is 0 Å². The van der Waals surface area contributed by atoms with Crippen LogP contribution in [-0.4, -0.2) is 25.8 Å². The van der Waals surface area contributed by atoms with E-state index in [1.54, 1.807) is 22.9 Å². The molecule has 0 unspecified atom stereocenters. The first-order valence-corrected chi connectivity index (χ1v) is 9.42. The fourth-order valence-electron chi connectivity index (χ4n) is 2.89. The molecule has 0 saturated heterocycles. The monoisotopic (exact) mass is 383 g/mol. The molecular weight excluding hydrogens is 362 g/mol. The summed E-state index contributed by atoms with van der Waals surface area (Å²) in [5.74, 6) is -0.119. The molecule has 1 aromatic heterocycles. The number of aromatic carboxylic acids is 1. The number of rotatable bonds is 8. The summed E-state index contributed by atoms with van der Waals surface area (Å²) in [4.78, 5) is 15.4. The smallest absolute Gasteiger partial charge is 0.335 e. The van der Waals surface area contributed by atoms with Gasteiger partial charge in [-0.2, -0.15) is 5.10 Å². The van der Waals surface area contributed by atoms with E-state index < -0.39 is 5.97 Å². The number of hydrogen-bond acceptors (Lipinski definition) is 3. The average Bonchev–Trinajstić information content (AvgIpc) is 3.01. The Balaban J connectivity index is 1.66.